The van der Waals surface area contributed by atoms with Crippen molar-refractivity contribution >= 4 is 23.2 Å². The average Bonchev–Trinajstić information content (AvgIpc) is 2.39. The van der Waals surface area contributed by atoms with Crippen LogP contribution in [0.2, 0.25) is 10.0 Å². The van der Waals surface area contributed by atoms with Crippen LogP contribution in [0, 0.1) is 6.92 Å². The smallest absolute Gasteiger partial charge is 0.136 e. The topological polar surface area (TPSA) is 35.2 Å². The van der Waals surface area contributed by atoms with Crippen LogP contribution in [0.15, 0.2) is 42.5 Å². The van der Waals surface area contributed by atoms with Gasteiger partial charge in [0, 0.05) is 16.6 Å². The molecule has 100 valence electrons. The van der Waals surface area contributed by atoms with E-state index < -0.39 is 0 Å². The molecule has 0 amide bonds. The number of rotatable bonds is 4. The Balaban J connectivity index is 2.26. The zero-order valence-corrected chi connectivity index (χ0v) is 12.1. The van der Waals surface area contributed by atoms with Crippen LogP contribution in [-0.2, 0) is 0 Å². The summed E-state index contributed by atoms with van der Waals surface area (Å²) in [5.41, 5.74) is 7.76. The molecule has 0 saturated carbocycles. The largest absolute Gasteiger partial charge is 0.484 e. The number of hydrogen-bond donors (Lipinski definition) is 1. The molecule has 1 atom stereocenters. The number of hydrogen-bond acceptors (Lipinski definition) is 2. The summed E-state index contributed by atoms with van der Waals surface area (Å²) in [5, 5.41) is 1.31. The zero-order valence-electron chi connectivity index (χ0n) is 10.6. The van der Waals surface area contributed by atoms with Crippen molar-refractivity contribution in [3.63, 3.8) is 0 Å². The molecule has 2 nitrogen and oxygen atoms in total. The van der Waals surface area contributed by atoms with Crippen molar-refractivity contribution in [2.24, 2.45) is 5.73 Å². The van der Waals surface area contributed by atoms with Gasteiger partial charge in [-0.3, -0.25) is 0 Å². The van der Waals surface area contributed by atoms with E-state index >= 15 is 0 Å². The summed E-state index contributed by atoms with van der Waals surface area (Å²) >= 11 is 12.0. The maximum absolute atomic E-state index is 5.99. The molecule has 0 aromatic heterocycles. The van der Waals surface area contributed by atoms with E-state index in [9.17, 15) is 0 Å². The molecule has 0 aliphatic rings. The minimum Gasteiger partial charge on any atom is -0.484 e. The first-order valence-electron chi connectivity index (χ1n) is 5.98. The van der Waals surface area contributed by atoms with Crippen LogP contribution in [0.5, 0.6) is 5.75 Å². The van der Waals surface area contributed by atoms with Gasteiger partial charge in [-0.1, -0.05) is 41.4 Å². The minimum absolute atomic E-state index is 0.240. The summed E-state index contributed by atoms with van der Waals surface area (Å²) in [6.07, 6.45) is -0.240. The highest BCUT2D eigenvalue weighted by Gasteiger charge is 2.13. The predicted molar refractivity (Wildman–Crippen MR) is 80.1 cm³/mol. The molecular formula is C15H15Cl2NO. The van der Waals surface area contributed by atoms with Gasteiger partial charge in [0.1, 0.15) is 11.9 Å². The van der Waals surface area contributed by atoms with Gasteiger partial charge in [-0.2, -0.15) is 0 Å². The highest BCUT2D eigenvalue weighted by Crippen LogP contribution is 2.28. The van der Waals surface area contributed by atoms with E-state index in [-0.39, 0.29) is 6.10 Å². The van der Waals surface area contributed by atoms with Crippen LogP contribution in [-0.4, -0.2) is 6.54 Å². The first-order chi connectivity index (χ1) is 9.10. The van der Waals surface area contributed by atoms with Crippen LogP contribution in [0.25, 0.3) is 0 Å². The fraction of sp³-hybridized carbons (Fsp3) is 0.200. The fourth-order valence-electron chi connectivity index (χ4n) is 1.81. The van der Waals surface area contributed by atoms with Gasteiger partial charge in [-0.15, -0.1) is 0 Å². The lowest BCUT2D eigenvalue weighted by Crippen LogP contribution is -2.18. The van der Waals surface area contributed by atoms with E-state index in [0.717, 1.165) is 16.9 Å². The fourth-order valence-corrected chi connectivity index (χ4v) is 2.17. The van der Waals surface area contributed by atoms with Gasteiger partial charge in [0.15, 0.2) is 0 Å². The van der Waals surface area contributed by atoms with Gasteiger partial charge in [-0.25, -0.2) is 0 Å². The van der Waals surface area contributed by atoms with E-state index in [1.807, 2.05) is 43.3 Å². The standard InChI is InChI=1S/C15H15Cl2NO/c1-10-5-6-13(17)8-14(10)19-15(9-18)11-3-2-4-12(16)7-11/h2-8,15H,9,18H2,1H3. The predicted octanol–water partition coefficient (Wildman–Crippen LogP) is 4.38. The Kier molecular flexibility index (Phi) is 4.70. The third kappa shape index (κ3) is 3.63. The van der Waals surface area contributed by atoms with Crippen molar-refractivity contribution in [1.82, 2.24) is 0 Å². The molecule has 2 rings (SSSR count). The number of halogens is 2. The zero-order chi connectivity index (χ0) is 13.8. The van der Waals surface area contributed by atoms with Gasteiger partial charge in [0.05, 0.1) is 0 Å². The number of aryl methyl sites for hydroxylation is 1. The molecule has 0 heterocycles. The van der Waals surface area contributed by atoms with E-state index in [4.69, 9.17) is 33.7 Å². The Morgan fingerprint density at radius 3 is 2.53 bits per heavy atom. The highest BCUT2D eigenvalue weighted by molar-refractivity contribution is 6.31. The Labute approximate surface area is 123 Å². The maximum atomic E-state index is 5.99. The van der Waals surface area contributed by atoms with Crippen LogP contribution in [0.4, 0.5) is 0 Å². The summed E-state index contributed by atoms with van der Waals surface area (Å²) in [6.45, 7) is 2.34. The molecule has 0 aliphatic heterocycles. The molecule has 4 heteroatoms. The van der Waals surface area contributed by atoms with Crippen molar-refractivity contribution in [2.45, 2.75) is 13.0 Å². The molecule has 1 unspecified atom stereocenters. The molecule has 0 bridgehead atoms. The molecule has 0 fully saturated rings. The Morgan fingerprint density at radius 2 is 1.84 bits per heavy atom. The van der Waals surface area contributed by atoms with E-state index in [1.165, 1.54) is 0 Å². The molecule has 0 radical (unpaired) electrons. The summed E-state index contributed by atoms with van der Waals surface area (Å²) < 4.78 is 5.95. The van der Waals surface area contributed by atoms with Crippen LogP contribution in [0.3, 0.4) is 0 Å². The second-order valence-electron chi connectivity index (χ2n) is 4.31. The Hall–Kier alpha value is -1.22. The van der Waals surface area contributed by atoms with Gasteiger partial charge in [0.25, 0.3) is 0 Å². The second kappa shape index (κ2) is 6.29. The Bertz CT molecular complexity index is 572. The maximum Gasteiger partial charge on any atom is 0.136 e. The molecular weight excluding hydrogens is 281 g/mol. The van der Waals surface area contributed by atoms with E-state index in [0.29, 0.717) is 16.6 Å². The van der Waals surface area contributed by atoms with Gasteiger partial charge >= 0.3 is 0 Å². The van der Waals surface area contributed by atoms with Gasteiger partial charge in [0.2, 0.25) is 0 Å². The summed E-state index contributed by atoms with van der Waals surface area (Å²) in [5.74, 6) is 0.739. The lowest BCUT2D eigenvalue weighted by atomic mass is 10.1. The molecule has 0 saturated heterocycles. The van der Waals surface area contributed by atoms with E-state index in [2.05, 4.69) is 0 Å². The monoisotopic (exact) mass is 295 g/mol. The number of nitrogens with two attached hydrogens (primary N) is 1. The number of ether oxygens (including phenoxy) is 1. The normalized spacial score (nSPS) is 12.2. The van der Waals surface area contributed by atoms with Crippen molar-refractivity contribution in [1.29, 1.82) is 0 Å². The average molecular weight is 296 g/mol. The SMILES string of the molecule is Cc1ccc(Cl)cc1OC(CN)c1cccc(Cl)c1. The molecule has 2 N–H and O–H groups in total. The van der Waals surface area contributed by atoms with Crippen molar-refractivity contribution in [3.8, 4) is 5.75 Å². The lowest BCUT2D eigenvalue weighted by molar-refractivity contribution is 0.213. The molecule has 19 heavy (non-hydrogen) atoms. The van der Waals surface area contributed by atoms with Crippen molar-refractivity contribution in [3.05, 3.63) is 63.6 Å². The van der Waals surface area contributed by atoms with Crippen molar-refractivity contribution < 1.29 is 4.74 Å². The molecule has 0 spiro atoms. The third-order valence-electron chi connectivity index (χ3n) is 2.85. The van der Waals surface area contributed by atoms with Crippen molar-refractivity contribution in [2.75, 3.05) is 6.54 Å². The van der Waals surface area contributed by atoms with Crippen LogP contribution in [0.1, 0.15) is 17.2 Å². The van der Waals surface area contributed by atoms with Gasteiger partial charge < -0.3 is 10.5 Å². The number of benzene rings is 2. The molecule has 2 aromatic carbocycles. The third-order valence-corrected chi connectivity index (χ3v) is 3.32. The van der Waals surface area contributed by atoms with E-state index in [1.54, 1.807) is 6.07 Å². The Morgan fingerprint density at radius 1 is 1.11 bits per heavy atom. The van der Waals surface area contributed by atoms with Crippen LogP contribution >= 0.6 is 23.2 Å². The van der Waals surface area contributed by atoms with Crippen LogP contribution < -0.4 is 10.5 Å². The summed E-state index contributed by atoms with van der Waals surface area (Å²) in [4.78, 5) is 0. The quantitative estimate of drug-likeness (QED) is 0.908. The van der Waals surface area contributed by atoms with Gasteiger partial charge in [-0.05, 0) is 42.3 Å². The molecule has 2 aromatic rings. The first-order valence-corrected chi connectivity index (χ1v) is 6.74. The lowest BCUT2D eigenvalue weighted by Gasteiger charge is -2.19. The molecule has 0 aliphatic carbocycles. The highest BCUT2D eigenvalue weighted by atomic mass is 35.5. The minimum atomic E-state index is -0.240. The second-order valence-corrected chi connectivity index (χ2v) is 5.18. The summed E-state index contributed by atoms with van der Waals surface area (Å²) in [6, 6.07) is 13.1. The summed E-state index contributed by atoms with van der Waals surface area (Å²) in [7, 11) is 0. The first kappa shape index (κ1) is 14.2.